The number of aromatic nitrogens is 2. The summed E-state index contributed by atoms with van der Waals surface area (Å²) in [7, 11) is 0. The minimum absolute atomic E-state index is 0.0412. The molecule has 0 radical (unpaired) electrons. The lowest BCUT2D eigenvalue weighted by atomic mass is 9.95. The van der Waals surface area contributed by atoms with Crippen LogP contribution in [0.25, 0.3) is 0 Å². The largest absolute Gasteiger partial charge is 0.476 e. The summed E-state index contributed by atoms with van der Waals surface area (Å²) in [6, 6.07) is 1.65. The molecule has 0 bridgehead atoms. The number of carbonyl (C=O) groups is 2. The third kappa shape index (κ3) is 3.32. The van der Waals surface area contributed by atoms with Gasteiger partial charge in [-0.3, -0.25) is 9.48 Å². The Balaban J connectivity index is 1.84. The molecule has 1 aliphatic rings. The van der Waals surface area contributed by atoms with Crippen molar-refractivity contribution in [3.63, 3.8) is 0 Å². The molecule has 18 heavy (non-hydrogen) atoms. The van der Waals surface area contributed by atoms with E-state index in [1.165, 1.54) is 23.4 Å². The number of aromatic carboxylic acids is 1. The van der Waals surface area contributed by atoms with Crippen LogP contribution in [0, 0.1) is 0 Å². The number of carboxylic acid groups (broad SMARTS) is 1. The summed E-state index contributed by atoms with van der Waals surface area (Å²) in [5, 5.41) is 15.5. The quantitative estimate of drug-likeness (QED) is 0.837. The van der Waals surface area contributed by atoms with Crippen LogP contribution in [-0.4, -0.2) is 32.8 Å². The Hall–Kier alpha value is -1.85. The maximum Gasteiger partial charge on any atom is 0.356 e. The molecule has 2 rings (SSSR count). The van der Waals surface area contributed by atoms with E-state index in [9.17, 15) is 9.59 Å². The second kappa shape index (κ2) is 5.66. The molecule has 98 valence electrons. The molecule has 0 unspecified atom stereocenters. The maximum atomic E-state index is 11.7. The van der Waals surface area contributed by atoms with Crippen LogP contribution >= 0.6 is 0 Å². The standard InChI is InChI=1S/C12H17N3O3/c16-11(13-9-4-2-1-3-5-9)8-15-7-6-10(14-15)12(17)18/h6-7,9H,1-5,8H2,(H,13,16)(H,17,18). The van der Waals surface area contributed by atoms with Crippen molar-refractivity contribution in [2.45, 2.75) is 44.7 Å². The fourth-order valence-corrected chi connectivity index (χ4v) is 2.23. The Morgan fingerprint density at radius 3 is 2.72 bits per heavy atom. The van der Waals surface area contributed by atoms with Gasteiger partial charge in [-0.1, -0.05) is 19.3 Å². The average Bonchev–Trinajstić information content (AvgIpc) is 2.78. The Labute approximate surface area is 105 Å². The zero-order valence-electron chi connectivity index (χ0n) is 10.1. The first-order valence-corrected chi connectivity index (χ1v) is 6.21. The highest BCUT2D eigenvalue weighted by molar-refractivity contribution is 5.85. The molecule has 2 N–H and O–H groups in total. The number of hydrogen-bond donors (Lipinski definition) is 2. The van der Waals surface area contributed by atoms with Gasteiger partial charge in [0.25, 0.3) is 0 Å². The molecule has 1 aromatic heterocycles. The van der Waals surface area contributed by atoms with Crippen LogP contribution in [-0.2, 0) is 11.3 Å². The average molecular weight is 251 g/mol. The first-order chi connectivity index (χ1) is 8.65. The lowest BCUT2D eigenvalue weighted by Crippen LogP contribution is -2.38. The van der Waals surface area contributed by atoms with Gasteiger partial charge in [0.2, 0.25) is 5.91 Å². The molecule has 1 saturated carbocycles. The van der Waals surface area contributed by atoms with Gasteiger partial charge in [-0.15, -0.1) is 0 Å². The Morgan fingerprint density at radius 2 is 2.11 bits per heavy atom. The summed E-state index contributed by atoms with van der Waals surface area (Å²) >= 11 is 0. The molecule has 6 heteroatoms. The first-order valence-electron chi connectivity index (χ1n) is 6.21. The predicted molar refractivity (Wildman–Crippen MR) is 64.2 cm³/mol. The molecule has 1 fully saturated rings. The molecule has 6 nitrogen and oxygen atoms in total. The van der Waals surface area contributed by atoms with Crippen LogP contribution in [0.1, 0.15) is 42.6 Å². The van der Waals surface area contributed by atoms with Gasteiger partial charge in [0, 0.05) is 12.2 Å². The molecule has 1 aliphatic carbocycles. The summed E-state index contributed by atoms with van der Waals surface area (Å²) < 4.78 is 1.35. The highest BCUT2D eigenvalue weighted by Crippen LogP contribution is 2.17. The number of nitrogens with one attached hydrogen (secondary N) is 1. The van der Waals surface area contributed by atoms with Crippen LogP contribution in [0.3, 0.4) is 0 Å². The monoisotopic (exact) mass is 251 g/mol. The van der Waals surface area contributed by atoms with E-state index in [0.717, 1.165) is 25.7 Å². The van der Waals surface area contributed by atoms with Crippen molar-refractivity contribution >= 4 is 11.9 Å². The molecular formula is C12H17N3O3. The van der Waals surface area contributed by atoms with Crippen molar-refractivity contribution < 1.29 is 14.7 Å². The number of amides is 1. The van der Waals surface area contributed by atoms with Gasteiger partial charge in [0.1, 0.15) is 6.54 Å². The van der Waals surface area contributed by atoms with Crippen molar-refractivity contribution in [2.75, 3.05) is 0 Å². The number of nitrogens with zero attached hydrogens (tertiary/aromatic N) is 2. The van der Waals surface area contributed by atoms with Gasteiger partial charge in [0.05, 0.1) is 0 Å². The minimum Gasteiger partial charge on any atom is -0.476 e. The lowest BCUT2D eigenvalue weighted by molar-refractivity contribution is -0.122. The van der Waals surface area contributed by atoms with E-state index in [-0.39, 0.29) is 24.2 Å². The molecule has 0 atom stereocenters. The second-order valence-electron chi connectivity index (χ2n) is 4.61. The molecular weight excluding hydrogens is 234 g/mol. The molecule has 1 heterocycles. The van der Waals surface area contributed by atoms with E-state index >= 15 is 0 Å². The highest BCUT2D eigenvalue weighted by atomic mass is 16.4. The minimum atomic E-state index is -1.08. The van der Waals surface area contributed by atoms with Gasteiger partial charge >= 0.3 is 5.97 Å². The van der Waals surface area contributed by atoms with Crippen molar-refractivity contribution in [2.24, 2.45) is 0 Å². The Bertz CT molecular complexity index is 436. The predicted octanol–water partition coefficient (Wildman–Crippen LogP) is 1.03. The van der Waals surface area contributed by atoms with Crippen LogP contribution < -0.4 is 5.32 Å². The molecule has 0 aromatic carbocycles. The van der Waals surface area contributed by atoms with Crippen molar-refractivity contribution in [1.29, 1.82) is 0 Å². The third-order valence-electron chi connectivity index (χ3n) is 3.14. The first kappa shape index (κ1) is 12.6. The smallest absolute Gasteiger partial charge is 0.356 e. The Kier molecular flexibility index (Phi) is 3.96. The van der Waals surface area contributed by atoms with Crippen LogP contribution in [0.5, 0.6) is 0 Å². The van der Waals surface area contributed by atoms with Crippen molar-refractivity contribution in [3.8, 4) is 0 Å². The topological polar surface area (TPSA) is 84.2 Å². The van der Waals surface area contributed by atoms with Gasteiger partial charge in [-0.25, -0.2) is 4.79 Å². The molecule has 0 saturated heterocycles. The molecule has 0 spiro atoms. The van der Waals surface area contributed by atoms with E-state index in [0.29, 0.717) is 0 Å². The summed E-state index contributed by atoms with van der Waals surface area (Å²) in [5.74, 6) is -1.19. The second-order valence-corrected chi connectivity index (χ2v) is 4.61. The summed E-state index contributed by atoms with van der Waals surface area (Å²) in [5.41, 5.74) is -0.0412. The maximum absolute atomic E-state index is 11.7. The number of carbonyl (C=O) groups excluding carboxylic acids is 1. The van der Waals surface area contributed by atoms with E-state index in [2.05, 4.69) is 10.4 Å². The lowest BCUT2D eigenvalue weighted by Gasteiger charge is -2.22. The highest BCUT2D eigenvalue weighted by Gasteiger charge is 2.16. The van der Waals surface area contributed by atoms with Crippen LogP contribution in [0.4, 0.5) is 0 Å². The van der Waals surface area contributed by atoms with Crippen molar-refractivity contribution in [3.05, 3.63) is 18.0 Å². The van der Waals surface area contributed by atoms with E-state index in [1.807, 2.05) is 0 Å². The number of carboxylic acids is 1. The number of hydrogen-bond acceptors (Lipinski definition) is 3. The molecule has 0 aliphatic heterocycles. The van der Waals surface area contributed by atoms with Crippen molar-refractivity contribution in [1.82, 2.24) is 15.1 Å². The van der Waals surface area contributed by atoms with Crippen LogP contribution in [0.15, 0.2) is 12.3 Å². The van der Waals surface area contributed by atoms with E-state index in [1.54, 1.807) is 0 Å². The number of rotatable bonds is 4. The third-order valence-corrected chi connectivity index (χ3v) is 3.14. The summed E-state index contributed by atoms with van der Waals surface area (Å²) in [4.78, 5) is 22.4. The van der Waals surface area contributed by atoms with Gasteiger partial charge < -0.3 is 10.4 Å². The zero-order chi connectivity index (χ0) is 13.0. The summed E-state index contributed by atoms with van der Waals surface area (Å²) in [6.07, 6.45) is 7.14. The van der Waals surface area contributed by atoms with Gasteiger partial charge in [-0.05, 0) is 18.9 Å². The normalized spacial score (nSPS) is 16.4. The fourth-order valence-electron chi connectivity index (χ4n) is 2.23. The SMILES string of the molecule is O=C(Cn1ccc(C(=O)O)n1)NC1CCCCC1. The van der Waals surface area contributed by atoms with Gasteiger partial charge in [0.15, 0.2) is 5.69 Å². The fraction of sp³-hybridized carbons (Fsp3) is 0.583. The van der Waals surface area contributed by atoms with Crippen LogP contribution in [0.2, 0.25) is 0 Å². The molecule has 1 amide bonds. The van der Waals surface area contributed by atoms with E-state index in [4.69, 9.17) is 5.11 Å². The summed E-state index contributed by atoms with van der Waals surface area (Å²) in [6.45, 7) is 0.0732. The van der Waals surface area contributed by atoms with Gasteiger partial charge in [-0.2, -0.15) is 5.10 Å². The van der Waals surface area contributed by atoms with E-state index < -0.39 is 5.97 Å². The molecule has 1 aromatic rings. The Morgan fingerprint density at radius 1 is 1.39 bits per heavy atom. The zero-order valence-corrected chi connectivity index (χ0v) is 10.1.